The standard InChI is InChI=1S/C11H25N3O/c1-5-7-10(11(15)13-12)14(6-2)8-9(3)4/h9-10H,5-8,12H2,1-4H3,(H,13,15). The molecule has 0 spiro atoms. The van der Waals surface area contributed by atoms with Gasteiger partial charge in [-0.2, -0.15) is 0 Å². The van der Waals surface area contributed by atoms with Gasteiger partial charge >= 0.3 is 0 Å². The van der Waals surface area contributed by atoms with Gasteiger partial charge in [-0.05, 0) is 18.9 Å². The van der Waals surface area contributed by atoms with E-state index in [0.29, 0.717) is 5.92 Å². The molecule has 3 N–H and O–H groups in total. The number of hydrogen-bond donors (Lipinski definition) is 2. The molecule has 1 amide bonds. The highest BCUT2D eigenvalue weighted by atomic mass is 16.2. The highest BCUT2D eigenvalue weighted by Crippen LogP contribution is 2.09. The van der Waals surface area contributed by atoms with Gasteiger partial charge in [0.1, 0.15) is 0 Å². The Morgan fingerprint density at radius 3 is 2.33 bits per heavy atom. The molecular weight excluding hydrogens is 190 g/mol. The zero-order chi connectivity index (χ0) is 11.8. The first-order valence-corrected chi connectivity index (χ1v) is 5.81. The summed E-state index contributed by atoms with van der Waals surface area (Å²) in [6, 6.07) is -0.0765. The van der Waals surface area contributed by atoms with E-state index in [1.165, 1.54) is 0 Å². The van der Waals surface area contributed by atoms with Crippen molar-refractivity contribution in [3.8, 4) is 0 Å². The van der Waals surface area contributed by atoms with Crippen molar-refractivity contribution in [2.45, 2.75) is 46.6 Å². The number of hydrogen-bond acceptors (Lipinski definition) is 3. The van der Waals surface area contributed by atoms with Crippen LogP contribution < -0.4 is 11.3 Å². The third kappa shape index (κ3) is 5.14. The lowest BCUT2D eigenvalue weighted by Gasteiger charge is -2.30. The molecule has 0 fully saturated rings. The summed E-state index contributed by atoms with van der Waals surface area (Å²) in [6.45, 7) is 10.3. The predicted molar refractivity (Wildman–Crippen MR) is 63.1 cm³/mol. The number of rotatable bonds is 7. The van der Waals surface area contributed by atoms with Crippen LogP contribution in [0.25, 0.3) is 0 Å². The van der Waals surface area contributed by atoms with Crippen molar-refractivity contribution >= 4 is 5.91 Å². The molecule has 0 saturated heterocycles. The van der Waals surface area contributed by atoms with E-state index in [2.05, 4.69) is 38.0 Å². The summed E-state index contributed by atoms with van der Waals surface area (Å²) < 4.78 is 0. The van der Waals surface area contributed by atoms with Crippen molar-refractivity contribution in [2.75, 3.05) is 13.1 Å². The molecule has 0 aliphatic carbocycles. The summed E-state index contributed by atoms with van der Waals surface area (Å²) >= 11 is 0. The van der Waals surface area contributed by atoms with Crippen molar-refractivity contribution in [3.63, 3.8) is 0 Å². The van der Waals surface area contributed by atoms with Crippen molar-refractivity contribution in [1.29, 1.82) is 0 Å². The lowest BCUT2D eigenvalue weighted by atomic mass is 10.1. The van der Waals surface area contributed by atoms with Crippen LogP contribution in [0.15, 0.2) is 0 Å². The number of nitrogens with zero attached hydrogens (tertiary/aromatic N) is 1. The summed E-state index contributed by atoms with van der Waals surface area (Å²) in [5.74, 6) is 5.69. The number of carbonyl (C=O) groups is 1. The minimum absolute atomic E-state index is 0.0700. The molecule has 0 radical (unpaired) electrons. The van der Waals surface area contributed by atoms with Gasteiger partial charge in [-0.3, -0.25) is 15.1 Å². The van der Waals surface area contributed by atoms with Crippen LogP contribution in [-0.2, 0) is 4.79 Å². The Hall–Kier alpha value is -0.610. The van der Waals surface area contributed by atoms with Crippen LogP contribution in [0.5, 0.6) is 0 Å². The molecule has 4 nitrogen and oxygen atoms in total. The van der Waals surface area contributed by atoms with Crippen LogP contribution in [0.4, 0.5) is 0 Å². The maximum Gasteiger partial charge on any atom is 0.251 e. The fourth-order valence-corrected chi connectivity index (χ4v) is 1.79. The van der Waals surface area contributed by atoms with Gasteiger partial charge in [0.2, 0.25) is 0 Å². The molecule has 0 saturated carbocycles. The highest BCUT2D eigenvalue weighted by Gasteiger charge is 2.23. The molecular formula is C11H25N3O. The van der Waals surface area contributed by atoms with Gasteiger partial charge in [0.05, 0.1) is 6.04 Å². The summed E-state index contributed by atoms with van der Waals surface area (Å²) in [5, 5.41) is 0. The Bertz CT molecular complexity index is 183. The summed E-state index contributed by atoms with van der Waals surface area (Å²) in [4.78, 5) is 13.8. The van der Waals surface area contributed by atoms with E-state index in [1.807, 2.05) is 0 Å². The van der Waals surface area contributed by atoms with Crippen LogP contribution in [0.2, 0.25) is 0 Å². The summed E-state index contributed by atoms with van der Waals surface area (Å²) in [5.41, 5.74) is 2.26. The fraction of sp³-hybridized carbons (Fsp3) is 0.909. The zero-order valence-corrected chi connectivity index (χ0v) is 10.4. The Kier molecular flexibility index (Phi) is 7.34. The van der Waals surface area contributed by atoms with Gasteiger partial charge in [-0.1, -0.05) is 34.1 Å². The average molecular weight is 215 g/mol. The van der Waals surface area contributed by atoms with Crippen LogP contribution in [-0.4, -0.2) is 29.9 Å². The zero-order valence-electron chi connectivity index (χ0n) is 10.4. The molecule has 0 heterocycles. The second-order valence-corrected chi connectivity index (χ2v) is 4.29. The smallest absolute Gasteiger partial charge is 0.251 e. The molecule has 0 rings (SSSR count). The molecule has 0 bridgehead atoms. The second-order valence-electron chi connectivity index (χ2n) is 4.29. The van der Waals surface area contributed by atoms with Crippen LogP contribution in [0.1, 0.15) is 40.5 Å². The van der Waals surface area contributed by atoms with Crippen molar-refractivity contribution in [1.82, 2.24) is 10.3 Å². The molecule has 0 aromatic carbocycles. The first-order chi connectivity index (χ1) is 7.06. The predicted octanol–water partition coefficient (Wildman–Crippen LogP) is 1.12. The molecule has 1 unspecified atom stereocenters. The number of hydrazine groups is 1. The minimum Gasteiger partial charge on any atom is -0.293 e. The van der Waals surface area contributed by atoms with Crippen molar-refractivity contribution in [3.05, 3.63) is 0 Å². The third-order valence-electron chi connectivity index (χ3n) is 2.45. The summed E-state index contributed by atoms with van der Waals surface area (Å²) in [6.07, 6.45) is 1.86. The maximum atomic E-state index is 11.6. The molecule has 0 aromatic heterocycles. The largest absolute Gasteiger partial charge is 0.293 e. The lowest BCUT2D eigenvalue weighted by Crippen LogP contribution is -2.50. The molecule has 4 heteroatoms. The monoisotopic (exact) mass is 215 g/mol. The van der Waals surface area contributed by atoms with Gasteiger partial charge in [-0.25, -0.2) is 5.84 Å². The molecule has 1 atom stereocenters. The fourth-order valence-electron chi connectivity index (χ4n) is 1.79. The SMILES string of the molecule is CCCC(C(=O)NN)N(CC)CC(C)C. The topological polar surface area (TPSA) is 58.4 Å². The molecule has 15 heavy (non-hydrogen) atoms. The van der Waals surface area contributed by atoms with Crippen LogP contribution in [0.3, 0.4) is 0 Å². The first kappa shape index (κ1) is 14.4. The molecule has 0 aliphatic rings. The second kappa shape index (κ2) is 7.65. The van der Waals surface area contributed by atoms with Crippen molar-refractivity contribution < 1.29 is 4.79 Å². The number of carbonyl (C=O) groups excluding carboxylic acids is 1. The average Bonchev–Trinajstić information content (AvgIpc) is 2.21. The maximum absolute atomic E-state index is 11.6. The quantitative estimate of drug-likeness (QED) is 0.380. The third-order valence-corrected chi connectivity index (χ3v) is 2.45. The van der Waals surface area contributed by atoms with Gasteiger partial charge in [0, 0.05) is 6.54 Å². The highest BCUT2D eigenvalue weighted by molar-refractivity contribution is 5.81. The van der Waals surface area contributed by atoms with E-state index >= 15 is 0 Å². The van der Waals surface area contributed by atoms with Crippen molar-refractivity contribution in [2.24, 2.45) is 11.8 Å². The van der Waals surface area contributed by atoms with Crippen LogP contribution in [0, 0.1) is 5.92 Å². The van der Waals surface area contributed by atoms with E-state index in [4.69, 9.17) is 5.84 Å². The lowest BCUT2D eigenvalue weighted by molar-refractivity contribution is -0.127. The van der Waals surface area contributed by atoms with E-state index in [-0.39, 0.29) is 11.9 Å². The number of nitrogens with one attached hydrogen (secondary N) is 1. The first-order valence-electron chi connectivity index (χ1n) is 5.81. The molecule has 0 aliphatic heterocycles. The number of amides is 1. The van der Waals surface area contributed by atoms with Gasteiger partial charge in [-0.15, -0.1) is 0 Å². The van der Waals surface area contributed by atoms with Gasteiger partial charge in [0.15, 0.2) is 0 Å². The number of nitrogens with two attached hydrogens (primary N) is 1. The van der Waals surface area contributed by atoms with Crippen LogP contribution >= 0.6 is 0 Å². The normalized spacial score (nSPS) is 13.3. The Morgan fingerprint density at radius 2 is 2.00 bits per heavy atom. The Balaban J connectivity index is 4.46. The van der Waals surface area contributed by atoms with E-state index in [9.17, 15) is 4.79 Å². The van der Waals surface area contributed by atoms with E-state index in [1.54, 1.807) is 0 Å². The molecule has 0 aromatic rings. The molecule has 90 valence electrons. The summed E-state index contributed by atoms with van der Waals surface area (Å²) in [7, 11) is 0. The number of likely N-dealkylation sites (N-methyl/N-ethyl adjacent to an activating group) is 1. The Labute approximate surface area is 93.2 Å². The van der Waals surface area contributed by atoms with Gasteiger partial charge < -0.3 is 0 Å². The minimum atomic E-state index is -0.0765. The van der Waals surface area contributed by atoms with E-state index < -0.39 is 0 Å². The van der Waals surface area contributed by atoms with Gasteiger partial charge in [0.25, 0.3) is 5.91 Å². The van der Waals surface area contributed by atoms with E-state index in [0.717, 1.165) is 25.9 Å². The Morgan fingerprint density at radius 1 is 1.40 bits per heavy atom.